The zero-order valence-electron chi connectivity index (χ0n) is 9.31. The van der Waals surface area contributed by atoms with Gasteiger partial charge >= 0.3 is 5.97 Å². The number of hydrogen-bond donors (Lipinski definition) is 1. The molecule has 0 saturated heterocycles. The standard InChI is InChI=1S/C12H10O5/c1-16-10-6-8(12(14)15)7-11(17-2)9(10)4-3-5-13/h5-7H,1-2H3,(H,14,15). The third kappa shape index (κ3) is 2.75. The van der Waals surface area contributed by atoms with E-state index in [9.17, 15) is 9.59 Å². The van der Waals surface area contributed by atoms with Crippen molar-refractivity contribution in [3.05, 3.63) is 23.3 Å². The van der Waals surface area contributed by atoms with Gasteiger partial charge in [-0.1, -0.05) is 5.92 Å². The molecule has 0 aromatic heterocycles. The zero-order chi connectivity index (χ0) is 12.8. The molecule has 1 rings (SSSR count). The van der Waals surface area contributed by atoms with Gasteiger partial charge in [-0.05, 0) is 18.1 Å². The molecular formula is C12H10O5. The predicted molar refractivity (Wildman–Crippen MR) is 59.4 cm³/mol. The maximum absolute atomic E-state index is 10.9. The molecule has 0 amide bonds. The molecule has 88 valence electrons. The molecule has 0 atom stereocenters. The Morgan fingerprint density at radius 3 is 2.18 bits per heavy atom. The number of aromatic carboxylic acids is 1. The summed E-state index contributed by atoms with van der Waals surface area (Å²) < 4.78 is 10.0. The van der Waals surface area contributed by atoms with Crippen molar-refractivity contribution in [2.45, 2.75) is 0 Å². The predicted octanol–water partition coefficient (Wildman–Crippen LogP) is 0.952. The van der Waals surface area contributed by atoms with Gasteiger partial charge in [0.1, 0.15) is 17.1 Å². The van der Waals surface area contributed by atoms with Crippen molar-refractivity contribution in [3.8, 4) is 23.3 Å². The van der Waals surface area contributed by atoms with E-state index in [1.807, 2.05) is 0 Å². The summed E-state index contributed by atoms with van der Waals surface area (Å²) in [7, 11) is 2.76. The summed E-state index contributed by atoms with van der Waals surface area (Å²) in [5.41, 5.74) is 0.363. The minimum atomic E-state index is -1.10. The Kier molecular flexibility index (Phi) is 4.12. The minimum Gasteiger partial charge on any atom is -0.495 e. The van der Waals surface area contributed by atoms with Crippen LogP contribution < -0.4 is 9.47 Å². The van der Waals surface area contributed by atoms with E-state index in [0.717, 1.165) is 0 Å². The number of hydrogen-bond acceptors (Lipinski definition) is 4. The van der Waals surface area contributed by atoms with Gasteiger partial charge in [0.05, 0.1) is 19.8 Å². The smallest absolute Gasteiger partial charge is 0.335 e. The number of benzene rings is 1. The Labute approximate surface area is 98.0 Å². The van der Waals surface area contributed by atoms with E-state index in [4.69, 9.17) is 14.6 Å². The van der Waals surface area contributed by atoms with Gasteiger partial charge in [0.25, 0.3) is 0 Å². The highest BCUT2D eigenvalue weighted by Crippen LogP contribution is 2.29. The van der Waals surface area contributed by atoms with Gasteiger partial charge in [0, 0.05) is 0 Å². The summed E-state index contributed by atoms with van der Waals surface area (Å²) in [6.45, 7) is 0. The van der Waals surface area contributed by atoms with E-state index in [0.29, 0.717) is 11.8 Å². The van der Waals surface area contributed by atoms with Crippen molar-refractivity contribution < 1.29 is 24.2 Å². The van der Waals surface area contributed by atoms with Crippen LogP contribution in [0.2, 0.25) is 0 Å². The first-order valence-electron chi connectivity index (χ1n) is 4.58. The first-order chi connectivity index (χ1) is 8.13. The lowest BCUT2D eigenvalue weighted by atomic mass is 10.1. The fourth-order valence-corrected chi connectivity index (χ4v) is 1.26. The van der Waals surface area contributed by atoms with Crippen LogP contribution >= 0.6 is 0 Å². The average molecular weight is 234 g/mol. The first kappa shape index (κ1) is 12.6. The molecule has 5 heteroatoms. The van der Waals surface area contributed by atoms with E-state index in [1.54, 1.807) is 0 Å². The van der Waals surface area contributed by atoms with Crippen molar-refractivity contribution in [2.75, 3.05) is 14.2 Å². The number of aldehydes is 1. The minimum absolute atomic E-state index is 0.0235. The summed E-state index contributed by atoms with van der Waals surface area (Å²) >= 11 is 0. The van der Waals surface area contributed by atoms with Crippen molar-refractivity contribution in [1.82, 2.24) is 0 Å². The molecule has 1 aromatic carbocycles. The lowest BCUT2D eigenvalue weighted by molar-refractivity contribution is -0.103. The van der Waals surface area contributed by atoms with Crippen molar-refractivity contribution in [2.24, 2.45) is 0 Å². The Morgan fingerprint density at radius 1 is 1.29 bits per heavy atom. The first-order valence-corrected chi connectivity index (χ1v) is 4.58. The second-order valence-corrected chi connectivity index (χ2v) is 2.95. The van der Waals surface area contributed by atoms with Crippen LogP contribution in [0.15, 0.2) is 12.1 Å². The van der Waals surface area contributed by atoms with E-state index in [2.05, 4.69) is 11.8 Å². The molecule has 0 spiro atoms. The van der Waals surface area contributed by atoms with Gasteiger partial charge in [-0.15, -0.1) is 0 Å². The molecule has 0 unspecified atom stereocenters. The Morgan fingerprint density at radius 2 is 1.82 bits per heavy atom. The number of ether oxygens (including phenoxy) is 2. The van der Waals surface area contributed by atoms with E-state index in [1.165, 1.54) is 26.4 Å². The fraction of sp³-hybridized carbons (Fsp3) is 0.167. The molecule has 5 nitrogen and oxygen atoms in total. The highest BCUT2D eigenvalue weighted by molar-refractivity contribution is 5.89. The van der Waals surface area contributed by atoms with Gasteiger partial charge in [-0.2, -0.15) is 0 Å². The number of carboxylic acid groups (broad SMARTS) is 1. The Hall–Kier alpha value is -2.48. The van der Waals surface area contributed by atoms with E-state index in [-0.39, 0.29) is 17.1 Å². The number of carboxylic acids is 1. The Bertz CT molecular complexity index is 482. The third-order valence-electron chi connectivity index (χ3n) is 2.01. The van der Waals surface area contributed by atoms with Crippen LogP contribution in [0.1, 0.15) is 15.9 Å². The zero-order valence-corrected chi connectivity index (χ0v) is 9.31. The van der Waals surface area contributed by atoms with Crippen LogP contribution in [0.5, 0.6) is 11.5 Å². The van der Waals surface area contributed by atoms with Crippen LogP contribution in [0, 0.1) is 11.8 Å². The summed E-state index contributed by atoms with van der Waals surface area (Å²) in [6, 6.07) is 2.64. The number of rotatable bonds is 3. The van der Waals surface area contributed by atoms with Crippen LogP contribution in [-0.4, -0.2) is 31.6 Å². The molecule has 0 aliphatic rings. The fourth-order valence-electron chi connectivity index (χ4n) is 1.26. The summed E-state index contributed by atoms with van der Waals surface area (Å²) in [6.07, 6.45) is 0.435. The topological polar surface area (TPSA) is 72.8 Å². The van der Waals surface area contributed by atoms with Gasteiger partial charge in [0.2, 0.25) is 0 Å². The number of carbonyl (C=O) groups excluding carboxylic acids is 1. The lowest BCUT2D eigenvalue weighted by Gasteiger charge is -2.09. The molecule has 17 heavy (non-hydrogen) atoms. The van der Waals surface area contributed by atoms with Gasteiger partial charge < -0.3 is 14.6 Å². The molecule has 1 N–H and O–H groups in total. The summed E-state index contributed by atoms with van der Waals surface area (Å²) in [5, 5.41) is 8.89. The highest BCUT2D eigenvalue weighted by Gasteiger charge is 2.14. The molecule has 0 fully saturated rings. The Balaban J connectivity index is 3.46. The third-order valence-corrected chi connectivity index (χ3v) is 2.01. The molecule has 0 aliphatic heterocycles. The lowest BCUT2D eigenvalue weighted by Crippen LogP contribution is -2.01. The summed E-state index contributed by atoms with van der Waals surface area (Å²) in [5.74, 6) is 4.16. The van der Waals surface area contributed by atoms with Crippen LogP contribution in [-0.2, 0) is 4.79 Å². The molecule has 0 saturated carbocycles. The molecule has 1 aromatic rings. The van der Waals surface area contributed by atoms with Crippen molar-refractivity contribution in [3.63, 3.8) is 0 Å². The number of methoxy groups -OCH3 is 2. The van der Waals surface area contributed by atoms with Crippen molar-refractivity contribution in [1.29, 1.82) is 0 Å². The number of carbonyl (C=O) groups is 2. The van der Waals surface area contributed by atoms with Crippen LogP contribution in [0.25, 0.3) is 0 Å². The molecule has 0 heterocycles. The molecule has 0 bridgehead atoms. The monoisotopic (exact) mass is 234 g/mol. The van der Waals surface area contributed by atoms with Gasteiger partial charge in [-0.25, -0.2) is 4.79 Å². The molecular weight excluding hydrogens is 224 g/mol. The van der Waals surface area contributed by atoms with Crippen molar-refractivity contribution >= 4 is 12.3 Å². The molecule has 0 aliphatic carbocycles. The summed E-state index contributed by atoms with van der Waals surface area (Å²) in [4.78, 5) is 21.1. The van der Waals surface area contributed by atoms with Gasteiger partial charge in [-0.3, -0.25) is 4.79 Å². The van der Waals surface area contributed by atoms with E-state index >= 15 is 0 Å². The normalized spacial score (nSPS) is 8.82. The van der Waals surface area contributed by atoms with Gasteiger partial charge in [0.15, 0.2) is 6.29 Å². The molecule has 0 radical (unpaired) electrons. The second-order valence-electron chi connectivity index (χ2n) is 2.95. The van der Waals surface area contributed by atoms with E-state index < -0.39 is 5.97 Å². The largest absolute Gasteiger partial charge is 0.495 e. The second kappa shape index (κ2) is 5.56. The highest BCUT2D eigenvalue weighted by atomic mass is 16.5. The average Bonchev–Trinajstić information content (AvgIpc) is 2.34. The van der Waals surface area contributed by atoms with Crippen LogP contribution in [0.4, 0.5) is 0 Å². The quantitative estimate of drug-likeness (QED) is 0.622. The van der Waals surface area contributed by atoms with Crippen LogP contribution in [0.3, 0.4) is 0 Å². The SMILES string of the molecule is COc1cc(C(=O)O)cc(OC)c1C#CC=O. The maximum atomic E-state index is 10.9. The maximum Gasteiger partial charge on any atom is 0.335 e.